The molecule has 0 radical (unpaired) electrons. The van der Waals surface area contributed by atoms with Crippen molar-refractivity contribution in [2.75, 3.05) is 19.8 Å². The lowest BCUT2D eigenvalue weighted by atomic mass is 10.0. The van der Waals surface area contributed by atoms with Crippen molar-refractivity contribution in [3.05, 3.63) is 71.1 Å². The van der Waals surface area contributed by atoms with Crippen molar-refractivity contribution in [1.82, 2.24) is 26.8 Å². The van der Waals surface area contributed by atoms with Crippen LogP contribution in [0, 0.1) is 11.6 Å². The van der Waals surface area contributed by atoms with Crippen LogP contribution < -0.4 is 31.2 Å². The highest BCUT2D eigenvalue weighted by Gasteiger charge is 2.25. The molecule has 2 aliphatic heterocycles. The SMILES string of the molecule is O=C(C[C@@H](Cc1ccc2c(c1)OCCO2)N1C=C(CNC(=O)c2ccc(F)c(F)c2)NN1)NO. The maximum Gasteiger partial charge on any atom is 0.251 e. The first-order valence-corrected chi connectivity index (χ1v) is 10.5. The van der Waals surface area contributed by atoms with E-state index in [0.29, 0.717) is 36.8 Å². The van der Waals surface area contributed by atoms with Gasteiger partial charge in [0, 0.05) is 11.8 Å². The molecule has 4 rings (SSSR count). The minimum Gasteiger partial charge on any atom is -0.486 e. The normalized spacial score (nSPS) is 15.3. The Labute approximate surface area is 193 Å². The van der Waals surface area contributed by atoms with Crippen LogP contribution in [0.3, 0.4) is 0 Å². The molecule has 0 aliphatic carbocycles. The molecule has 2 heterocycles. The molecule has 1 atom stereocenters. The number of carbonyl (C=O) groups excluding carboxylic acids is 2. The largest absolute Gasteiger partial charge is 0.486 e. The van der Waals surface area contributed by atoms with Crippen LogP contribution in [-0.2, 0) is 11.2 Å². The van der Waals surface area contributed by atoms with Crippen molar-refractivity contribution >= 4 is 11.8 Å². The molecular weight excluding hydrogens is 452 g/mol. The Bertz CT molecular complexity index is 1110. The second-order valence-corrected chi connectivity index (χ2v) is 7.69. The van der Waals surface area contributed by atoms with Gasteiger partial charge in [0.2, 0.25) is 5.91 Å². The molecular formula is C22H23F2N5O5. The lowest BCUT2D eigenvalue weighted by Crippen LogP contribution is -2.46. The van der Waals surface area contributed by atoms with E-state index >= 15 is 0 Å². The quantitative estimate of drug-likeness (QED) is 0.285. The van der Waals surface area contributed by atoms with Crippen molar-refractivity contribution in [3.63, 3.8) is 0 Å². The number of ether oxygens (including phenoxy) is 2. The molecule has 0 bridgehead atoms. The van der Waals surface area contributed by atoms with E-state index in [1.54, 1.807) is 22.8 Å². The first kappa shape index (κ1) is 23.3. The summed E-state index contributed by atoms with van der Waals surface area (Å²) in [4.78, 5) is 24.1. The molecule has 180 valence electrons. The van der Waals surface area contributed by atoms with Crippen LogP contribution in [0.4, 0.5) is 8.78 Å². The molecule has 0 spiro atoms. The van der Waals surface area contributed by atoms with Gasteiger partial charge in [-0.15, -0.1) is 5.53 Å². The summed E-state index contributed by atoms with van der Waals surface area (Å²) in [6.45, 7) is 0.992. The van der Waals surface area contributed by atoms with E-state index in [-0.39, 0.29) is 18.5 Å². The summed E-state index contributed by atoms with van der Waals surface area (Å²) in [5, 5.41) is 13.2. The van der Waals surface area contributed by atoms with Gasteiger partial charge in [0.05, 0.1) is 24.7 Å². The standard InChI is InChI=1S/C22H23F2N5O5/c23-17-3-2-14(9-18(17)24)22(31)25-11-15-12-29(28-26-15)16(10-21(30)27-32)7-13-1-4-19-20(8-13)34-6-5-33-19/h1-4,8-9,12,16,26,28,32H,5-7,10-11H2,(H,25,31)(H,27,30)/t16-/m1/s1. The molecule has 0 fully saturated rings. The van der Waals surface area contributed by atoms with Crippen LogP contribution in [0.5, 0.6) is 11.5 Å². The fraction of sp³-hybridized carbons (Fsp3) is 0.273. The number of hydrogen-bond donors (Lipinski definition) is 5. The number of amides is 2. The van der Waals surface area contributed by atoms with Gasteiger partial charge in [-0.05, 0) is 42.3 Å². The summed E-state index contributed by atoms with van der Waals surface area (Å²) < 4.78 is 37.6. The van der Waals surface area contributed by atoms with Crippen molar-refractivity contribution < 1.29 is 33.1 Å². The van der Waals surface area contributed by atoms with Crippen LogP contribution >= 0.6 is 0 Å². The summed E-state index contributed by atoms with van der Waals surface area (Å²) in [7, 11) is 0. The summed E-state index contributed by atoms with van der Waals surface area (Å²) in [5.41, 5.74) is 8.87. The minimum absolute atomic E-state index is 0.0154. The third-order valence-corrected chi connectivity index (χ3v) is 5.28. The number of fused-ring (bicyclic) bond motifs is 1. The fourth-order valence-corrected chi connectivity index (χ4v) is 3.59. The number of hydrazine groups is 2. The Morgan fingerprint density at radius 3 is 2.65 bits per heavy atom. The van der Waals surface area contributed by atoms with Gasteiger partial charge < -0.3 is 20.2 Å². The van der Waals surface area contributed by atoms with Gasteiger partial charge in [-0.1, -0.05) is 6.07 Å². The molecule has 5 N–H and O–H groups in total. The molecule has 10 nitrogen and oxygen atoms in total. The van der Waals surface area contributed by atoms with E-state index in [1.807, 2.05) is 12.1 Å². The Balaban J connectivity index is 1.41. The van der Waals surface area contributed by atoms with Crippen LogP contribution in [0.1, 0.15) is 22.3 Å². The zero-order valence-electron chi connectivity index (χ0n) is 17.9. The summed E-state index contributed by atoms with van der Waals surface area (Å²) in [6, 6.07) is 7.99. The predicted molar refractivity (Wildman–Crippen MR) is 114 cm³/mol. The number of nitrogens with one attached hydrogen (secondary N) is 4. The Morgan fingerprint density at radius 2 is 1.88 bits per heavy atom. The average molecular weight is 475 g/mol. The van der Waals surface area contributed by atoms with Gasteiger partial charge in [0.1, 0.15) is 13.2 Å². The molecule has 0 saturated heterocycles. The van der Waals surface area contributed by atoms with E-state index in [9.17, 15) is 18.4 Å². The number of hydrogen-bond acceptors (Lipinski definition) is 8. The Kier molecular flexibility index (Phi) is 7.09. The highest BCUT2D eigenvalue weighted by molar-refractivity contribution is 5.94. The molecule has 12 heteroatoms. The first-order chi connectivity index (χ1) is 16.4. The maximum absolute atomic E-state index is 13.4. The van der Waals surface area contributed by atoms with Gasteiger partial charge in [0.25, 0.3) is 5.91 Å². The van der Waals surface area contributed by atoms with Crippen molar-refractivity contribution in [3.8, 4) is 11.5 Å². The zero-order valence-corrected chi connectivity index (χ0v) is 17.9. The van der Waals surface area contributed by atoms with Crippen LogP contribution in [0.25, 0.3) is 0 Å². The molecule has 34 heavy (non-hydrogen) atoms. The van der Waals surface area contributed by atoms with E-state index in [1.165, 1.54) is 6.07 Å². The van der Waals surface area contributed by atoms with Crippen LogP contribution in [0.15, 0.2) is 48.3 Å². The maximum atomic E-state index is 13.4. The number of hydroxylamine groups is 1. The number of benzene rings is 2. The second kappa shape index (κ2) is 10.4. The molecule has 2 aromatic rings. The Morgan fingerprint density at radius 1 is 1.09 bits per heavy atom. The van der Waals surface area contributed by atoms with Crippen molar-refractivity contribution in [2.24, 2.45) is 0 Å². The van der Waals surface area contributed by atoms with Gasteiger partial charge in [0.15, 0.2) is 23.1 Å². The molecule has 0 unspecified atom stereocenters. The molecule has 2 aliphatic rings. The van der Waals surface area contributed by atoms with Gasteiger partial charge >= 0.3 is 0 Å². The van der Waals surface area contributed by atoms with E-state index in [0.717, 1.165) is 17.7 Å². The highest BCUT2D eigenvalue weighted by Crippen LogP contribution is 2.31. The molecule has 2 amide bonds. The summed E-state index contributed by atoms with van der Waals surface area (Å²) in [6.07, 6.45) is 2.05. The van der Waals surface area contributed by atoms with E-state index < -0.39 is 29.5 Å². The molecule has 2 aromatic carbocycles. The number of halogens is 2. The van der Waals surface area contributed by atoms with Gasteiger partial charge in [-0.3, -0.25) is 19.8 Å². The predicted octanol–water partition coefficient (Wildman–Crippen LogP) is 1.14. The van der Waals surface area contributed by atoms with Gasteiger partial charge in [-0.25, -0.2) is 14.3 Å². The summed E-state index contributed by atoms with van der Waals surface area (Å²) >= 11 is 0. The third-order valence-electron chi connectivity index (χ3n) is 5.28. The molecule has 0 saturated carbocycles. The third kappa shape index (κ3) is 5.53. The van der Waals surface area contributed by atoms with Crippen LogP contribution in [-0.4, -0.2) is 47.8 Å². The minimum atomic E-state index is -1.11. The number of rotatable bonds is 8. The summed E-state index contributed by atoms with van der Waals surface area (Å²) in [5.74, 6) is -2.02. The smallest absolute Gasteiger partial charge is 0.251 e. The number of carbonyl (C=O) groups is 2. The topological polar surface area (TPSA) is 124 Å². The highest BCUT2D eigenvalue weighted by atomic mass is 19.2. The van der Waals surface area contributed by atoms with Crippen molar-refractivity contribution in [2.45, 2.75) is 18.9 Å². The van der Waals surface area contributed by atoms with Gasteiger partial charge in [-0.2, -0.15) is 0 Å². The zero-order chi connectivity index (χ0) is 24.1. The first-order valence-electron chi connectivity index (χ1n) is 10.5. The fourth-order valence-electron chi connectivity index (χ4n) is 3.59. The lowest BCUT2D eigenvalue weighted by Gasteiger charge is -2.27. The lowest BCUT2D eigenvalue weighted by molar-refractivity contribution is -0.130. The molecule has 0 aromatic heterocycles. The Hall–Kier alpha value is -3.90. The van der Waals surface area contributed by atoms with Crippen LogP contribution in [0.2, 0.25) is 0 Å². The van der Waals surface area contributed by atoms with E-state index in [4.69, 9.17) is 14.7 Å². The number of nitrogens with zero attached hydrogens (tertiary/aromatic N) is 1. The van der Waals surface area contributed by atoms with Crippen molar-refractivity contribution in [1.29, 1.82) is 0 Å². The average Bonchev–Trinajstić information content (AvgIpc) is 3.32. The van der Waals surface area contributed by atoms with E-state index in [2.05, 4.69) is 16.3 Å². The second-order valence-electron chi connectivity index (χ2n) is 7.69. The monoisotopic (exact) mass is 475 g/mol.